The van der Waals surface area contributed by atoms with Crippen molar-refractivity contribution in [2.75, 3.05) is 18.8 Å². The SMILES string of the molecule is O=C(O)CC1CN(CC2CSC3CCC(Cl)CC23)C2CC(C3CCC(F)CC3)CCC12. The first-order valence-corrected chi connectivity index (χ1v) is 14.3. The van der Waals surface area contributed by atoms with E-state index in [-0.39, 0.29) is 0 Å². The smallest absolute Gasteiger partial charge is 0.303 e. The van der Waals surface area contributed by atoms with Crippen LogP contribution in [0, 0.1) is 35.5 Å². The van der Waals surface area contributed by atoms with Gasteiger partial charge in [0.15, 0.2) is 0 Å². The van der Waals surface area contributed by atoms with Crippen LogP contribution in [-0.4, -0.2) is 57.7 Å². The van der Waals surface area contributed by atoms with E-state index < -0.39 is 12.1 Å². The molecule has 0 spiro atoms. The Hall–Kier alpha value is -0.000000000000000111. The average molecular weight is 472 g/mol. The average Bonchev–Trinajstić information content (AvgIpc) is 3.29. The van der Waals surface area contributed by atoms with Crippen LogP contribution in [0.5, 0.6) is 0 Å². The summed E-state index contributed by atoms with van der Waals surface area (Å²) >= 11 is 8.73. The molecular formula is C25H39ClFNO2S. The lowest BCUT2D eigenvalue weighted by molar-refractivity contribution is -0.138. The van der Waals surface area contributed by atoms with Crippen molar-refractivity contribution in [2.45, 2.75) is 93.5 Å². The highest BCUT2D eigenvalue weighted by atomic mass is 35.5. The minimum Gasteiger partial charge on any atom is -0.481 e. The number of thioether (sulfide) groups is 1. The second-order valence-corrected chi connectivity index (χ2v) is 13.2. The molecule has 5 rings (SSSR count). The van der Waals surface area contributed by atoms with Crippen molar-refractivity contribution >= 4 is 29.3 Å². The summed E-state index contributed by atoms with van der Waals surface area (Å²) in [5.74, 6) is 4.33. The summed E-state index contributed by atoms with van der Waals surface area (Å²) in [5, 5.41) is 10.7. The van der Waals surface area contributed by atoms with E-state index in [1.807, 2.05) is 0 Å². The predicted octanol–water partition coefficient (Wildman–Crippen LogP) is 5.85. The summed E-state index contributed by atoms with van der Waals surface area (Å²) in [6.07, 6.45) is 10.6. The molecule has 0 aromatic rings. The van der Waals surface area contributed by atoms with E-state index in [1.165, 1.54) is 44.3 Å². The van der Waals surface area contributed by atoms with Crippen LogP contribution in [0.25, 0.3) is 0 Å². The molecule has 5 fully saturated rings. The number of alkyl halides is 2. The Labute approximate surface area is 196 Å². The highest BCUT2D eigenvalue weighted by Gasteiger charge is 2.49. The highest BCUT2D eigenvalue weighted by Crippen LogP contribution is 2.51. The number of fused-ring (bicyclic) bond motifs is 2. The molecule has 3 aliphatic carbocycles. The standard InChI is InChI=1S/C25H39ClFNO2S/c26-19-4-8-24-22(11-19)18(14-31-24)13-28-12-17(10-25(29)30)21-7-3-16(9-23(21)28)15-1-5-20(27)6-2-15/h15-24H,1-14H2,(H,29,30). The summed E-state index contributed by atoms with van der Waals surface area (Å²) < 4.78 is 13.7. The number of hydrogen-bond acceptors (Lipinski definition) is 3. The van der Waals surface area contributed by atoms with Crippen LogP contribution < -0.4 is 0 Å². The fraction of sp³-hybridized carbons (Fsp3) is 0.960. The molecule has 2 saturated heterocycles. The summed E-state index contributed by atoms with van der Waals surface area (Å²) in [4.78, 5) is 14.3. The van der Waals surface area contributed by atoms with E-state index >= 15 is 0 Å². The Kier molecular flexibility index (Phi) is 7.13. The number of nitrogens with zero attached hydrogens (tertiary/aromatic N) is 1. The van der Waals surface area contributed by atoms with E-state index in [0.29, 0.717) is 47.4 Å². The van der Waals surface area contributed by atoms with E-state index in [2.05, 4.69) is 16.7 Å². The first-order chi connectivity index (χ1) is 15.0. The zero-order valence-corrected chi connectivity index (χ0v) is 20.2. The molecule has 3 nitrogen and oxygen atoms in total. The molecule has 8 unspecified atom stereocenters. The molecule has 2 aliphatic heterocycles. The van der Waals surface area contributed by atoms with Gasteiger partial charge in [-0.2, -0.15) is 11.8 Å². The van der Waals surface area contributed by atoms with Crippen LogP contribution in [0.15, 0.2) is 0 Å². The number of aliphatic carboxylic acids is 1. The number of carboxylic acids is 1. The molecule has 176 valence electrons. The molecule has 1 N–H and O–H groups in total. The first kappa shape index (κ1) is 22.8. The quantitative estimate of drug-likeness (QED) is 0.511. The van der Waals surface area contributed by atoms with Crippen molar-refractivity contribution < 1.29 is 14.3 Å². The summed E-state index contributed by atoms with van der Waals surface area (Å²) in [7, 11) is 0. The van der Waals surface area contributed by atoms with Gasteiger partial charge >= 0.3 is 5.97 Å². The largest absolute Gasteiger partial charge is 0.481 e. The molecule has 8 atom stereocenters. The Morgan fingerprint density at radius 1 is 0.968 bits per heavy atom. The number of rotatable bonds is 5. The lowest BCUT2D eigenvalue weighted by Gasteiger charge is -2.42. The van der Waals surface area contributed by atoms with Gasteiger partial charge in [-0.1, -0.05) is 0 Å². The molecule has 5 aliphatic rings. The third-order valence-corrected chi connectivity index (χ3v) is 11.7. The molecule has 0 radical (unpaired) electrons. The second-order valence-electron chi connectivity index (χ2n) is 11.3. The van der Waals surface area contributed by atoms with E-state index in [4.69, 9.17) is 11.6 Å². The monoisotopic (exact) mass is 471 g/mol. The van der Waals surface area contributed by atoms with E-state index in [0.717, 1.165) is 49.9 Å². The van der Waals surface area contributed by atoms with Crippen molar-refractivity contribution in [3.05, 3.63) is 0 Å². The van der Waals surface area contributed by atoms with Crippen molar-refractivity contribution in [1.82, 2.24) is 4.90 Å². The lowest BCUT2D eigenvalue weighted by Crippen LogP contribution is -2.43. The molecule has 6 heteroatoms. The summed E-state index contributed by atoms with van der Waals surface area (Å²) in [6, 6.07) is 0.547. The number of hydrogen-bond donors (Lipinski definition) is 1. The molecule has 2 heterocycles. The third-order valence-electron chi connectivity index (χ3n) is 9.63. The number of halogens is 2. The normalized spacial score (nSPS) is 48.3. The van der Waals surface area contributed by atoms with Gasteiger partial charge in [-0.3, -0.25) is 9.69 Å². The maximum absolute atomic E-state index is 13.7. The van der Waals surface area contributed by atoms with Gasteiger partial charge in [-0.05, 0) is 105 Å². The van der Waals surface area contributed by atoms with Crippen LogP contribution in [0.1, 0.15) is 70.6 Å². The molecule has 0 aromatic carbocycles. The molecule has 0 bridgehead atoms. The van der Waals surface area contributed by atoms with Gasteiger partial charge in [0.2, 0.25) is 0 Å². The Morgan fingerprint density at radius 3 is 2.52 bits per heavy atom. The molecule has 0 amide bonds. The Morgan fingerprint density at radius 2 is 1.74 bits per heavy atom. The molecular weight excluding hydrogens is 433 g/mol. The summed E-state index contributed by atoms with van der Waals surface area (Å²) in [6.45, 7) is 2.10. The van der Waals surface area contributed by atoms with Gasteiger partial charge < -0.3 is 5.11 Å². The molecule has 3 saturated carbocycles. The van der Waals surface area contributed by atoms with Crippen LogP contribution in [-0.2, 0) is 4.79 Å². The topological polar surface area (TPSA) is 40.5 Å². The third kappa shape index (κ3) is 4.94. The van der Waals surface area contributed by atoms with Crippen LogP contribution >= 0.6 is 23.4 Å². The van der Waals surface area contributed by atoms with E-state index in [9.17, 15) is 14.3 Å². The minimum atomic E-state index is -0.636. The van der Waals surface area contributed by atoms with Crippen molar-refractivity contribution in [3.63, 3.8) is 0 Å². The van der Waals surface area contributed by atoms with Crippen LogP contribution in [0.3, 0.4) is 0 Å². The summed E-state index contributed by atoms with van der Waals surface area (Å²) in [5.41, 5.74) is 0. The Bertz CT molecular complexity index is 645. The zero-order valence-electron chi connectivity index (χ0n) is 18.6. The number of likely N-dealkylation sites (tertiary alicyclic amines) is 1. The van der Waals surface area contributed by atoms with Gasteiger partial charge in [0.25, 0.3) is 0 Å². The van der Waals surface area contributed by atoms with Gasteiger partial charge in [0, 0.05) is 36.2 Å². The molecule has 0 aromatic heterocycles. The molecule has 31 heavy (non-hydrogen) atoms. The first-order valence-electron chi connectivity index (χ1n) is 12.8. The van der Waals surface area contributed by atoms with Gasteiger partial charge in [-0.25, -0.2) is 4.39 Å². The van der Waals surface area contributed by atoms with Crippen molar-refractivity contribution in [1.29, 1.82) is 0 Å². The fourth-order valence-corrected chi connectivity index (χ4v) is 10.1. The predicted molar refractivity (Wildman–Crippen MR) is 126 cm³/mol. The fourth-order valence-electron chi connectivity index (χ4n) is 8.06. The maximum atomic E-state index is 13.7. The maximum Gasteiger partial charge on any atom is 0.303 e. The van der Waals surface area contributed by atoms with E-state index in [1.54, 1.807) is 0 Å². The zero-order chi connectivity index (χ0) is 21.5. The number of carboxylic acid groups (broad SMARTS) is 1. The highest BCUT2D eigenvalue weighted by molar-refractivity contribution is 8.00. The van der Waals surface area contributed by atoms with Crippen LogP contribution in [0.2, 0.25) is 0 Å². The van der Waals surface area contributed by atoms with Gasteiger partial charge in [0.05, 0.1) is 0 Å². The Balaban J connectivity index is 1.27. The minimum absolute atomic E-state index is 0.307. The van der Waals surface area contributed by atoms with Gasteiger partial charge in [-0.15, -0.1) is 11.6 Å². The lowest BCUT2D eigenvalue weighted by atomic mass is 9.67. The van der Waals surface area contributed by atoms with Crippen molar-refractivity contribution in [2.24, 2.45) is 35.5 Å². The second kappa shape index (κ2) is 9.70. The van der Waals surface area contributed by atoms with Crippen molar-refractivity contribution in [3.8, 4) is 0 Å². The van der Waals surface area contributed by atoms with Gasteiger partial charge in [0.1, 0.15) is 6.17 Å². The van der Waals surface area contributed by atoms with Crippen LogP contribution in [0.4, 0.5) is 4.39 Å². The number of carbonyl (C=O) groups is 1.